The molecule has 0 radical (unpaired) electrons. The van der Waals surface area contributed by atoms with E-state index in [9.17, 15) is 13.2 Å². The van der Waals surface area contributed by atoms with Crippen LogP contribution in [0.1, 0.15) is 43.0 Å². The van der Waals surface area contributed by atoms with Gasteiger partial charge in [0.2, 0.25) is 10.0 Å². The molecule has 1 aliphatic rings. The predicted octanol–water partition coefficient (Wildman–Crippen LogP) is 2.99. The molecular formula is C14H18ClNO4S. The molecule has 0 spiro atoms. The standard InChI is InChI=1S/C14H18ClNO4S/c1-2-10-5-3-4-8-16(10)21(19,20)11-6-7-13(15)12(9-11)14(17)18/h6-7,9-10H,2-5,8H2,1H3,(H,17,18)/t10-/m0/s1. The minimum absolute atomic E-state index is 0.00958. The lowest BCUT2D eigenvalue weighted by Gasteiger charge is -2.34. The van der Waals surface area contributed by atoms with Gasteiger partial charge in [0.15, 0.2) is 0 Å². The van der Waals surface area contributed by atoms with Crippen molar-refractivity contribution in [3.8, 4) is 0 Å². The molecule has 0 aromatic heterocycles. The maximum atomic E-state index is 12.7. The molecule has 1 heterocycles. The van der Waals surface area contributed by atoms with Gasteiger partial charge in [-0.15, -0.1) is 0 Å². The van der Waals surface area contributed by atoms with E-state index in [-0.39, 0.29) is 21.5 Å². The molecule has 0 saturated carbocycles. The van der Waals surface area contributed by atoms with Crippen LogP contribution in [-0.4, -0.2) is 36.4 Å². The molecule has 0 aliphatic carbocycles. The molecule has 21 heavy (non-hydrogen) atoms. The molecule has 7 heteroatoms. The SMILES string of the molecule is CC[C@H]1CCCCN1S(=O)(=O)c1ccc(Cl)c(C(=O)O)c1. The van der Waals surface area contributed by atoms with Crippen LogP contribution >= 0.6 is 11.6 Å². The lowest BCUT2D eigenvalue weighted by atomic mass is 10.0. The lowest BCUT2D eigenvalue weighted by Crippen LogP contribution is -2.43. The van der Waals surface area contributed by atoms with Crippen molar-refractivity contribution in [2.75, 3.05) is 6.54 Å². The fourth-order valence-corrected chi connectivity index (χ4v) is 4.65. The van der Waals surface area contributed by atoms with Gasteiger partial charge in [-0.05, 0) is 37.5 Å². The molecular weight excluding hydrogens is 314 g/mol. The van der Waals surface area contributed by atoms with Crippen molar-refractivity contribution in [3.05, 3.63) is 28.8 Å². The highest BCUT2D eigenvalue weighted by Crippen LogP contribution is 2.29. The minimum Gasteiger partial charge on any atom is -0.478 e. The van der Waals surface area contributed by atoms with Gasteiger partial charge >= 0.3 is 5.97 Å². The molecule has 0 unspecified atom stereocenters. The molecule has 1 aliphatic heterocycles. The van der Waals surface area contributed by atoms with Crippen molar-refractivity contribution >= 4 is 27.6 Å². The van der Waals surface area contributed by atoms with E-state index in [1.54, 1.807) is 0 Å². The van der Waals surface area contributed by atoms with E-state index in [0.29, 0.717) is 6.54 Å². The Morgan fingerprint density at radius 1 is 1.43 bits per heavy atom. The zero-order chi connectivity index (χ0) is 15.6. The third-order valence-corrected chi connectivity index (χ3v) is 6.10. The minimum atomic E-state index is -3.68. The van der Waals surface area contributed by atoms with Crippen molar-refractivity contribution < 1.29 is 18.3 Å². The topological polar surface area (TPSA) is 74.7 Å². The highest BCUT2D eigenvalue weighted by Gasteiger charge is 2.33. The first-order chi connectivity index (χ1) is 9.87. The molecule has 1 fully saturated rings. The van der Waals surface area contributed by atoms with E-state index in [1.807, 2.05) is 6.92 Å². The summed E-state index contributed by atoms with van der Waals surface area (Å²) in [6.45, 7) is 2.44. The summed E-state index contributed by atoms with van der Waals surface area (Å²) in [5.74, 6) is -1.23. The van der Waals surface area contributed by atoms with Gasteiger partial charge in [0, 0.05) is 12.6 Å². The quantitative estimate of drug-likeness (QED) is 0.920. The Kier molecular flexibility index (Phi) is 4.91. The average molecular weight is 332 g/mol. The number of hydrogen-bond acceptors (Lipinski definition) is 3. The number of aromatic carboxylic acids is 1. The van der Waals surface area contributed by atoms with Gasteiger partial charge < -0.3 is 5.11 Å². The number of carboxylic acid groups (broad SMARTS) is 1. The Morgan fingerprint density at radius 2 is 2.14 bits per heavy atom. The second kappa shape index (κ2) is 6.34. The Morgan fingerprint density at radius 3 is 2.76 bits per heavy atom. The summed E-state index contributed by atoms with van der Waals surface area (Å²) >= 11 is 5.79. The second-order valence-electron chi connectivity index (χ2n) is 5.12. The highest BCUT2D eigenvalue weighted by molar-refractivity contribution is 7.89. The van der Waals surface area contributed by atoms with Crippen LogP contribution in [0.3, 0.4) is 0 Å². The summed E-state index contributed by atoms with van der Waals surface area (Å²) in [6.07, 6.45) is 3.44. The Bertz CT molecular complexity index is 644. The summed E-state index contributed by atoms with van der Waals surface area (Å²) in [5.41, 5.74) is -0.192. The molecule has 2 rings (SSSR count). The van der Waals surface area contributed by atoms with Crippen LogP contribution in [0.15, 0.2) is 23.1 Å². The van der Waals surface area contributed by atoms with Gasteiger partial charge in [0.25, 0.3) is 0 Å². The summed E-state index contributed by atoms with van der Waals surface area (Å²) in [5, 5.41) is 9.11. The van der Waals surface area contributed by atoms with E-state index < -0.39 is 16.0 Å². The van der Waals surface area contributed by atoms with Gasteiger partial charge in [-0.1, -0.05) is 24.9 Å². The van der Waals surface area contributed by atoms with Crippen molar-refractivity contribution in [1.82, 2.24) is 4.31 Å². The van der Waals surface area contributed by atoms with Crippen LogP contribution < -0.4 is 0 Å². The summed E-state index contributed by atoms with van der Waals surface area (Å²) < 4.78 is 27.0. The number of sulfonamides is 1. The average Bonchev–Trinajstić information content (AvgIpc) is 2.47. The van der Waals surface area contributed by atoms with E-state index in [1.165, 1.54) is 16.4 Å². The molecule has 1 aromatic rings. The fourth-order valence-electron chi connectivity index (χ4n) is 2.66. The first-order valence-corrected chi connectivity index (χ1v) is 8.74. The number of nitrogens with zero attached hydrogens (tertiary/aromatic N) is 1. The number of piperidine rings is 1. The van der Waals surface area contributed by atoms with E-state index in [4.69, 9.17) is 16.7 Å². The normalized spacial score (nSPS) is 20.4. The van der Waals surface area contributed by atoms with Crippen molar-refractivity contribution in [1.29, 1.82) is 0 Å². The fraction of sp³-hybridized carbons (Fsp3) is 0.500. The number of halogens is 1. The molecule has 1 N–H and O–H groups in total. The third-order valence-electron chi connectivity index (χ3n) is 3.82. The van der Waals surface area contributed by atoms with Gasteiger partial charge in [0.05, 0.1) is 15.5 Å². The molecule has 0 amide bonds. The smallest absolute Gasteiger partial charge is 0.337 e. The second-order valence-corrected chi connectivity index (χ2v) is 7.42. The van der Waals surface area contributed by atoms with E-state index in [0.717, 1.165) is 31.7 Å². The number of carboxylic acids is 1. The van der Waals surface area contributed by atoms with Crippen LogP contribution in [0.4, 0.5) is 0 Å². The predicted molar refractivity (Wildman–Crippen MR) is 80.2 cm³/mol. The highest BCUT2D eigenvalue weighted by atomic mass is 35.5. The summed E-state index contributed by atoms with van der Waals surface area (Å²) in [6, 6.07) is 3.81. The van der Waals surface area contributed by atoms with E-state index in [2.05, 4.69) is 0 Å². The lowest BCUT2D eigenvalue weighted by molar-refractivity contribution is 0.0697. The largest absolute Gasteiger partial charge is 0.478 e. The van der Waals surface area contributed by atoms with Gasteiger partial charge in [-0.25, -0.2) is 13.2 Å². The zero-order valence-corrected chi connectivity index (χ0v) is 13.3. The summed E-state index contributed by atoms with van der Waals surface area (Å²) in [7, 11) is -3.68. The zero-order valence-electron chi connectivity index (χ0n) is 11.8. The molecule has 1 atom stereocenters. The van der Waals surface area contributed by atoms with Crippen LogP contribution in [0, 0.1) is 0 Å². The number of benzene rings is 1. The maximum Gasteiger partial charge on any atom is 0.337 e. The summed E-state index contributed by atoms with van der Waals surface area (Å²) in [4.78, 5) is 11.1. The molecule has 5 nitrogen and oxygen atoms in total. The molecule has 0 bridgehead atoms. The van der Waals surface area contributed by atoms with E-state index >= 15 is 0 Å². The third kappa shape index (κ3) is 3.22. The first-order valence-electron chi connectivity index (χ1n) is 6.92. The van der Waals surface area contributed by atoms with Gasteiger partial charge in [-0.3, -0.25) is 0 Å². The van der Waals surface area contributed by atoms with Crippen LogP contribution in [-0.2, 0) is 10.0 Å². The number of hydrogen-bond donors (Lipinski definition) is 1. The molecule has 1 aromatic carbocycles. The van der Waals surface area contributed by atoms with Crippen molar-refractivity contribution in [2.24, 2.45) is 0 Å². The van der Waals surface area contributed by atoms with Crippen LogP contribution in [0.2, 0.25) is 5.02 Å². The van der Waals surface area contributed by atoms with Gasteiger partial charge in [0.1, 0.15) is 0 Å². The number of carbonyl (C=O) groups is 1. The molecule has 1 saturated heterocycles. The van der Waals surface area contributed by atoms with Crippen molar-refractivity contribution in [2.45, 2.75) is 43.5 Å². The Balaban J connectivity index is 2.43. The van der Waals surface area contributed by atoms with Crippen LogP contribution in [0.5, 0.6) is 0 Å². The Hall–Kier alpha value is -1.11. The van der Waals surface area contributed by atoms with Crippen molar-refractivity contribution in [3.63, 3.8) is 0 Å². The first kappa shape index (κ1) is 16.3. The monoisotopic (exact) mass is 331 g/mol. The van der Waals surface area contributed by atoms with Crippen LogP contribution in [0.25, 0.3) is 0 Å². The van der Waals surface area contributed by atoms with Gasteiger partial charge in [-0.2, -0.15) is 4.31 Å². The molecule has 116 valence electrons. The number of rotatable bonds is 4. The Labute approximate surface area is 129 Å². The maximum absolute atomic E-state index is 12.7.